The molecule has 1 aliphatic rings. The van der Waals surface area contributed by atoms with E-state index in [0.717, 1.165) is 5.56 Å². The van der Waals surface area contributed by atoms with E-state index in [1.165, 1.54) is 43.7 Å². The second-order valence-corrected chi connectivity index (χ2v) is 8.33. The molecule has 0 unspecified atom stereocenters. The molecule has 39 heavy (non-hydrogen) atoms. The van der Waals surface area contributed by atoms with Crippen LogP contribution >= 0.6 is 11.6 Å². The van der Waals surface area contributed by atoms with Crippen molar-refractivity contribution in [2.24, 2.45) is 5.10 Å². The Labute approximate surface area is 226 Å². The highest BCUT2D eigenvalue weighted by Gasteiger charge is 2.17. The zero-order valence-corrected chi connectivity index (χ0v) is 21.2. The molecule has 3 N–H and O–H groups in total. The van der Waals surface area contributed by atoms with Crippen LogP contribution in [-0.2, 0) is 20.9 Å². The number of benzene rings is 3. The van der Waals surface area contributed by atoms with Gasteiger partial charge in [-0.05, 0) is 47.5 Å². The van der Waals surface area contributed by atoms with Gasteiger partial charge in [0.1, 0.15) is 5.82 Å². The summed E-state index contributed by atoms with van der Waals surface area (Å²) in [6.45, 7) is -0.235. The second kappa shape index (κ2) is 12.6. The maximum Gasteiger partial charge on any atom is 0.329 e. The van der Waals surface area contributed by atoms with Crippen molar-refractivity contribution in [1.29, 1.82) is 0 Å². The van der Waals surface area contributed by atoms with Crippen LogP contribution < -0.4 is 35.0 Å². The van der Waals surface area contributed by atoms with Gasteiger partial charge in [0.05, 0.1) is 24.0 Å². The average Bonchev–Trinajstić information content (AvgIpc) is 3.40. The van der Waals surface area contributed by atoms with Crippen molar-refractivity contribution >= 4 is 41.2 Å². The van der Waals surface area contributed by atoms with Crippen molar-refractivity contribution in [3.63, 3.8) is 0 Å². The molecule has 3 amide bonds. The van der Waals surface area contributed by atoms with Crippen molar-refractivity contribution in [3.05, 3.63) is 76.6 Å². The van der Waals surface area contributed by atoms with Crippen molar-refractivity contribution in [2.75, 3.05) is 25.8 Å². The van der Waals surface area contributed by atoms with Gasteiger partial charge in [-0.1, -0.05) is 29.8 Å². The van der Waals surface area contributed by atoms with Crippen LogP contribution in [0, 0.1) is 5.82 Å². The Morgan fingerprint density at radius 1 is 1.08 bits per heavy atom. The van der Waals surface area contributed by atoms with Crippen molar-refractivity contribution < 1.29 is 37.7 Å². The van der Waals surface area contributed by atoms with Crippen LogP contribution in [0.4, 0.5) is 10.1 Å². The molecule has 0 fully saturated rings. The lowest BCUT2D eigenvalue weighted by molar-refractivity contribution is -0.139. The molecule has 4 rings (SSSR count). The maximum atomic E-state index is 13.7. The lowest BCUT2D eigenvalue weighted by Crippen LogP contribution is -2.37. The predicted molar refractivity (Wildman–Crippen MR) is 139 cm³/mol. The number of rotatable bonds is 9. The Morgan fingerprint density at radius 3 is 2.67 bits per heavy atom. The number of carbonyl (C=O) groups is 3. The molecule has 13 heteroatoms. The third-order valence-corrected chi connectivity index (χ3v) is 5.50. The van der Waals surface area contributed by atoms with Gasteiger partial charge in [0, 0.05) is 6.54 Å². The molecule has 3 aromatic rings. The molecule has 0 atom stereocenters. The molecule has 0 saturated heterocycles. The number of carbonyl (C=O) groups excluding carboxylic acids is 3. The minimum absolute atomic E-state index is 0.0133. The third-order valence-electron chi connectivity index (χ3n) is 5.22. The standard InChI is InChI=1S/C26H22ClFN4O7/c1-36-22-10-16(8-17(27)24(22)37-13-23(33)31-19-5-3-2-4-18(19)28)12-30-32-26(35)25(34)29-11-15-6-7-20-21(9-15)39-14-38-20/h2-10,12H,11,13-14H2,1H3,(H,29,34)(H,31,33)(H,32,35)/b30-12-. The maximum absolute atomic E-state index is 13.7. The van der Waals surface area contributed by atoms with Gasteiger partial charge in [0.25, 0.3) is 5.91 Å². The Morgan fingerprint density at radius 2 is 1.87 bits per heavy atom. The Balaban J connectivity index is 1.29. The summed E-state index contributed by atoms with van der Waals surface area (Å²) >= 11 is 6.28. The van der Waals surface area contributed by atoms with Gasteiger partial charge in [0.2, 0.25) is 6.79 Å². The molecule has 1 aliphatic heterocycles. The van der Waals surface area contributed by atoms with Gasteiger partial charge in [-0.15, -0.1) is 0 Å². The number of methoxy groups -OCH3 is 1. The SMILES string of the molecule is COc1cc(/C=N\NC(=O)C(=O)NCc2ccc3c(c2)OCO3)cc(Cl)c1OCC(=O)Nc1ccccc1F. The molecule has 0 spiro atoms. The van der Waals surface area contributed by atoms with E-state index in [1.54, 1.807) is 24.3 Å². The summed E-state index contributed by atoms with van der Waals surface area (Å²) in [6, 6.07) is 13.8. The number of nitrogens with zero attached hydrogens (tertiary/aromatic N) is 1. The van der Waals surface area contributed by atoms with E-state index in [9.17, 15) is 18.8 Å². The fourth-order valence-corrected chi connectivity index (χ4v) is 3.64. The van der Waals surface area contributed by atoms with Crippen LogP contribution in [0.3, 0.4) is 0 Å². The van der Waals surface area contributed by atoms with Crippen molar-refractivity contribution in [1.82, 2.24) is 10.7 Å². The molecule has 0 aromatic heterocycles. The number of anilines is 1. The fraction of sp³-hybridized carbons (Fsp3) is 0.154. The van der Waals surface area contributed by atoms with Crippen LogP contribution in [0.2, 0.25) is 5.02 Å². The van der Waals surface area contributed by atoms with Gasteiger partial charge < -0.3 is 29.6 Å². The topological polar surface area (TPSA) is 137 Å². The number of hydrazone groups is 1. The molecule has 0 bridgehead atoms. The van der Waals surface area contributed by atoms with E-state index >= 15 is 0 Å². The molecule has 11 nitrogen and oxygen atoms in total. The third kappa shape index (κ3) is 7.14. The fourth-order valence-electron chi connectivity index (χ4n) is 3.37. The minimum Gasteiger partial charge on any atom is -0.493 e. The monoisotopic (exact) mass is 556 g/mol. The Bertz CT molecular complexity index is 1430. The smallest absolute Gasteiger partial charge is 0.329 e. The minimum atomic E-state index is -0.981. The number of hydrogen-bond acceptors (Lipinski definition) is 8. The highest BCUT2D eigenvalue weighted by molar-refractivity contribution is 6.35. The molecule has 0 saturated carbocycles. The van der Waals surface area contributed by atoms with E-state index in [4.69, 9.17) is 30.5 Å². The number of hydrogen-bond donors (Lipinski definition) is 3. The Hall–Kier alpha value is -4.84. The van der Waals surface area contributed by atoms with E-state index < -0.39 is 30.1 Å². The number of fused-ring (bicyclic) bond motifs is 1. The largest absolute Gasteiger partial charge is 0.493 e. The highest BCUT2D eigenvalue weighted by Crippen LogP contribution is 2.36. The van der Waals surface area contributed by atoms with Gasteiger partial charge in [-0.25, -0.2) is 9.82 Å². The molecule has 0 radical (unpaired) electrons. The lowest BCUT2D eigenvalue weighted by atomic mass is 10.2. The number of nitrogens with one attached hydrogen (secondary N) is 3. The molecule has 0 aliphatic carbocycles. The van der Waals surface area contributed by atoms with E-state index in [0.29, 0.717) is 17.1 Å². The Kier molecular flexibility index (Phi) is 8.79. The van der Waals surface area contributed by atoms with Crippen LogP contribution in [-0.4, -0.2) is 44.4 Å². The van der Waals surface area contributed by atoms with E-state index in [1.807, 2.05) is 0 Å². The van der Waals surface area contributed by atoms with Crippen molar-refractivity contribution in [2.45, 2.75) is 6.54 Å². The summed E-state index contributed by atoms with van der Waals surface area (Å²) < 4.78 is 35.0. The zero-order valence-electron chi connectivity index (χ0n) is 20.5. The van der Waals surface area contributed by atoms with Gasteiger partial charge >= 0.3 is 11.8 Å². The first-order valence-corrected chi connectivity index (χ1v) is 11.8. The zero-order chi connectivity index (χ0) is 27.8. The molecule has 3 aromatic carbocycles. The highest BCUT2D eigenvalue weighted by atomic mass is 35.5. The van der Waals surface area contributed by atoms with Gasteiger partial charge in [0.15, 0.2) is 29.6 Å². The number of halogens is 2. The molecular weight excluding hydrogens is 535 g/mol. The molecule has 202 valence electrons. The normalized spacial score (nSPS) is 11.7. The van der Waals surface area contributed by atoms with Gasteiger partial charge in [-0.2, -0.15) is 5.10 Å². The van der Waals surface area contributed by atoms with Crippen LogP contribution in [0.15, 0.2) is 59.7 Å². The first kappa shape index (κ1) is 27.2. The number of para-hydroxylation sites is 1. The van der Waals surface area contributed by atoms with E-state index in [2.05, 4.69) is 21.2 Å². The first-order valence-electron chi connectivity index (χ1n) is 11.4. The van der Waals surface area contributed by atoms with Crippen LogP contribution in [0.5, 0.6) is 23.0 Å². The number of ether oxygens (including phenoxy) is 4. The summed E-state index contributed by atoms with van der Waals surface area (Å²) in [5.41, 5.74) is 3.26. The van der Waals surface area contributed by atoms with Crippen molar-refractivity contribution in [3.8, 4) is 23.0 Å². The summed E-state index contributed by atoms with van der Waals surface area (Å²) in [7, 11) is 1.37. The number of amides is 3. The average molecular weight is 557 g/mol. The van der Waals surface area contributed by atoms with Crippen LogP contribution in [0.1, 0.15) is 11.1 Å². The molecule has 1 heterocycles. The van der Waals surface area contributed by atoms with Gasteiger partial charge in [-0.3, -0.25) is 14.4 Å². The summed E-state index contributed by atoms with van der Waals surface area (Å²) in [6.07, 6.45) is 1.24. The summed E-state index contributed by atoms with van der Waals surface area (Å²) in [5, 5.41) is 8.73. The summed E-state index contributed by atoms with van der Waals surface area (Å²) in [5.74, 6) is -1.64. The molecular formula is C26H22ClFN4O7. The lowest BCUT2D eigenvalue weighted by Gasteiger charge is -2.13. The summed E-state index contributed by atoms with van der Waals surface area (Å²) in [4.78, 5) is 36.3. The van der Waals surface area contributed by atoms with Crippen LogP contribution in [0.25, 0.3) is 0 Å². The second-order valence-electron chi connectivity index (χ2n) is 7.92. The van der Waals surface area contributed by atoms with E-state index in [-0.39, 0.29) is 35.5 Å². The first-order chi connectivity index (χ1) is 18.8. The quantitative estimate of drug-likeness (QED) is 0.209. The predicted octanol–water partition coefficient (Wildman–Crippen LogP) is 3.00.